The van der Waals surface area contributed by atoms with Crippen molar-refractivity contribution in [3.63, 3.8) is 0 Å². The lowest BCUT2D eigenvalue weighted by molar-refractivity contribution is -0.137. The highest BCUT2D eigenvalue weighted by Crippen LogP contribution is 2.47. The Morgan fingerprint density at radius 3 is 2.43 bits per heavy atom. The summed E-state index contributed by atoms with van der Waals surface area (Å²) in [5, 5.41) is 0. The van der Waals surface area contributed by atoms with E-state index in [1.54, 1.807) is 30.3 Å². The van der Waals surface area contributed by atoms with Crippen LogP contribution in [0.2, 0.25) is 0 Å². The van der Waals surface area contributed by atoms with Crippen LogP contribution in [0.5, 0.6) is 0 Å². The van der Waals surface area contributed by atoms with Crippen LogP contribution in [-0.4, -0.2) is 27.9 Å². The van der Waals surface area contributed by atoms with Crippen LogP contribution in [0.1, 0.15) is 0 Å². The molecule has 0 aliphatic rings. The van der Waals surface area contributed by atoms with Gasteiger partial charge in [0.2, 0.25) is 0 Å². The van der Waals surface area contributed by atoms with Crippen molar-refractivity contribution in [3.05, 3.63) is 30.3 Å². The Labute approximate surface area is 83.9 Å². The summed E-state index contributed by atoms with van der Waals surface area (Å²) in [4.78, 5) is 11.2. The number of hydrogen-bond acceptors (Lipinski definition) is 4. The normalized spacial score (nSPS) is 12.2. The Morgan fingerprint density at radius 2 is 1.93 bits per heavy atom. The van der Waals surface area contributed by atoms with Gasteiger partial charge in [0, 0.05) is 0 Å². The average molecular weight is 216 g/mol. The molecule has 0 radical (unpaired) electrons. The van der Waals surface area contributed by atoms with Gasteiger partial charge in [-0.1, -0.05) is 18.2 Å². The molecule has 1 aromatic carbocycles. The van der Waals surface area contributed by atoms with Crippen LogP contribution in [0.3, 0.4) is 0 Å². The molecule has 1 aromatic rings. The predicted octanol–water partition coefficient (Wildman–Crippen LogP) is 1.97. The Kier molecular flexibility index (Phi) is 3.51. The van der Waals surface area contributed by atoms with Crippen LogP contribution >= 0.6 is 10.6 Å². The van der Waals surface area contributed by atoms with Gasteiger partial charge in [0.1, 0.15) is 5.75 Å². The molecule has 0 bridgehead atoms. The van der Waals surface area contributed by atoms with E-state index < -0.39 is 22.3 Å². The standard InChI is InChI=1S/C9H12O4S/c1-13-9(10)7-14(11,12)8-5-3-2-4-6-8/h2-6,11-12H,7H2,1H3. The van der Waals surface area contributed by atoms with Crippen LogP contribution in [0.25, 0.3) is 0 Å². The zero-order chi connectivity index (χ0) is 10.6. The molecule has 2 N–H and O–H groups in total. The maximum atomic E-state index is 10.9. The molecule has 1 rings (SSSR count). The molecule has 78 valence electrons. The third kappa shape index (κ3) is 2.73. The van der Waals surface area contributed by atoms with E-state index in [1.165, 1.54) is 7.11 Å². The van der Waals surface area contributed by atoms with Gasteiger partial charge in [-0.05, 0) is 12.1 Å². The Hall–Kier alpha value is -1.04. The van der Waals surface area contributed by atoms with Gasteiger partial charge in [-0.25, -0.2) is 0 Å². The molecule has 0 saturated heterocycles. The molecule has 5 heteroatoms. The van der Waals surface area contributed by atoms with Crippen molar-refractivity contribution < 1.29 is 18.6 Å². The van der Waals surface area contributed by atoms with Crippen molar-refractivity contribution in [2.45, 2.75) is 4.90 Å². The monoisotopic (exact) mass is 216 g/mol. The van der Waals surface area contributed by atoms with Crippen LogP contribution < -0.4 is 0 Å². The van der Waals surface area contributed by atoms with Crippen molar-refractivity contribution in [2.24, 2.45) is 0 Å². The number of methoxy groups -OCH3 is 1. The summed E-state index contributed by atoms with van der Waals surface area (Å²) in [6, 6.07) is 8.26. The first-order chi connectivity index (χ1) is 6.56. The molecule has 0 spiro atoms. The van der Waals surface area contributed by atoms with Crippen LogP contribution in [-0.2, 0) is 9.53 Å². The third-order valence-corrected chi connectivity index (χ3v) is 3.33. The highest BCUT2D eigenvalue weighted by Gasteiger charge is 2.19. The lowest BCUT2D eigenvalue weighted by atomic mass is 10.4. The topological polar surface area (TPSA) is 66.8 Å². The van der Waals surface area contributed by atoms with Gasteiger partial charge < -0.3 is 4.74 Å². The minimum Gasteiger partial charge on any atom is -0.468 e. The maximum absolute atomic E-state index is 10.9. The number of carbonyl (C=O) groups excluding carboxylic acids is 1. The zero-order valence-corrected chi connectivity index (χ0v) is 8.53. The lowest BCUT2D eigenvalue weighted by Crippen LogP contribution is -2.14. The Balaban J connectivity index is 2.80. The largest absolute Gasteiger partial charge is 0.468 e. The smallest absolute Gasteiger partial charge is 0.325 e. The van der Waals surface area contributed by atoms with Crippen molar-refractivity contribution in [1.29, 1.82) is 0 Å². The second-order valence-electron chi connectivity index (χ2n) is 2.70. The van der Waals surface area contributed by atoms with Gasteiger partial charge in [0.15, 0.2) is 0 Å². The predicted molar refractivity (Wildman–Crippen MR) is 54.4 cm³/mol. The fraction of sp³-hybridized carbons (Fsp3) is 0.222. The molecule has 0 amide bonds. The van der Waals surface area contributed by atoms with E-state index in [1.807, 2.05) is 0 Å². The number of hydrogen-bond donors (Lipinski definition) is 2. The first-order valence-corrected chi connectivity index (χ1v) is 5.65. The third-order valence-electron chi connectivity index (χ3n) is 1.67. The maximum Gasteiger partial charge on any atom is 0.325 e. The molecule has 0 atom stereocenters. The molecule has 0 heterocycles. The van der Waals surface area contributed by atoms with Crippen LogP contribution in [0, 0.1) is 0 Å². The van der Waals surface area contributed by atoms with E-state index in [9.17, 15) is 13.9 Å². The molecule has 14 heavy (non-hydrogen) atoms. The first-order valence-electron chi connectivity index (χ1n) is 3.94. The Morgan fingerprint density at radius 1 is 1.36 bits per heavy atom. The van der Waals surface area contributed by atoms with E-state index in [4.69, 9.17) is 0 Å². The molecular formula is C9H12O4S. The number of benzene rings is 1. The average Bonchev–Trinajstić information content (AvgIpc) is 2.18. The second kappa shape index (κ2) is 4.45. The molecule has 0 fully saturated rings. The second-order valence-corrected chi connectivity index (χ2v) is 4.79. The quantitative estimate of drug-likeness (QED) is 0.758. The number of rotatable bonds is 3. The van der Waals surface area contributed by atoms with E-state index in [0.717, 1.165) is 0 Å². The fourth-order valence-corrected chi connectivity index (χ4v) is 2.15. The van der Waals surface area contributed by atoms with E-state index in [0.29, 0.717) is 4.90 Å². The summed E-state index contributed by atoms with van der Waals surface area (Å²) in [7, 11) is -1.84. The highest BCUT2D eigenvalue weighted by atomic mass is 32.3. The minimum atomic E-state index is -3.05. The zero-order valence-electron chi connectivity index (χ0n) is 7.71. The van der Waals surface area contributed by atoms with Crippen molar-refractivity contribution in [1.82, 2.24) is 0 Å². The van der Waals surface area contributed by atoms with Gasteiger partial charge in [-0.15, -0.1) is 0 Å². The van der Waals surface area contributed by atoms with Gasteiger partial charge in [-0.3, -0.25) is 13.9 Å². The first kappa shape index (κ1) is 11.0. The van der Waals surface area contributed by atoms with Crippen LogP contribution in [0.4, 0.5) is 0 Å². The summed E-state index contributed by atoms with van der Waals surface area (Å²) >= 11 is 0. The minimum absolute atomic E-state index is 0.352. The number of esters is 1. The summed E-state index contributed by atoms with van der Waals surface area (Å²) in [5.74, 6) is -1.03. The SMILES string of the molecule is COC(=O)CS(O)(O)c1ccccc1. The molecule has 0 aliphatic heterocycles. The Bertz CT molecular complexity index is 310. The number of carbonyl (C=O) groups is 1. The summed E-state index contributed by atoms with van der Waals surface area (Å²) in [6.07, 6.45) is 0. The molecule has 0 aliphatic carbocycles. The molecule has 0 saturated carbocycles. The van der Waals surface area contributed by atoms with Gasteiger partial charge in [-0.2, -0.15) is 10.6 Å². The van der Waals surface area contributed by atoms with Crippen molar-refractivity contribution in [3.8, 4) is 0 Å². The van der Waals surface area contributed by atoms with Gasteiger partial charge >= 0.3 is 5.97 Å². The molecular weight excluding hydrogens is 204 g/mol. The summed E-state index contributed by atoms with van der Waals surface area (Å²) < 4.78 is 23.6. The van der Waals surface area contributed by atoms with Gasteiger partial charge in [0.05, 0.1) is 12.0 Å². The lowest BCUT2D eigenvalue weighted by Gasteiger charge is -2.30. The fourth-order valence-electron chi connectivity index (χ4n) is 0.945. The van der Waals surface area contributed by atoms with E-state index in [2.05, 4.69) is 4.74 Å². The highest BCUT2D eigenvalue weighted by molar-refractivity contribution is 8.24. The van der Waals surface area contributed by atoms with E-state index in [-0.39, 0.29) is 0 Å². The molecule has 0 unspecified atom stereocenters. The summed E-state index contributed by atoms with van der Waals surface area (Å²) in [5.41, 5.74) is 0. The van der Waals surface area contributed by atoms with Gasteiger partial charge in [0.25, 0.3) is 0 Å². The molecule has 0 aromatic heterocycles. The summed E-state index contributed by atoms with van der Waals surface area (Å²) in [6.45, 7) is 0. The van der Waals surface area contributed by atoms with Crippen molar-refractivity contribution >= 4 is 16.6 Å². The molecule has 4 nitrogen and oxygen atoms in total. The van der Waals surface area contributed by atoms with Crippen LogP contribution in [0.15, 0.2) is 35.2 Å². The van der Waals surface area contributed by atoms with E-state index >= 15 is 0 Å². The number of ether oxygens (including phenoxy) is 1. The van der Waals surface area contributed by atoms with Crippen molar-refractivity contribution in [2.75, 3.05) is 12.9 Å².